The molecule has 2 N–H and O–H groups in total. The van der Waals surface area contributed by atoms with Gasteiger partial charge in [0.2, 0.25) is 5.91 Å². The molecule has 0 heterocycles. The van der Waals surface area contributed by atoms with Gasteiger partial charge in [0.15, 0.2) is 0 Å². The molecule has 0 atom stereocenters. The maximum Gasteiger partial charge on any atom is 0.221 e. The summed E-state index contributed by atoms with van der Waals surface area (Å²) in [5.41, 5.74) is 2.26. The van der Waals surface area contributed by atoms with Gasteiger partial charge in [-0.2, -0.15) is 0 Å². The average molecular weight is 313 g/mol. The van der Waals surface area contributed by atoms with Gasteiger partial charge in [-0.1, -0.05) is 29.3 Å². The monoisotopic (exact) mass is 312 g/mol. The van der Waals surface area contributed by atoms with Gasteiger partial charge in [-0.05, 0) is 37.1 Å². The number of benzene rings is 1. The number of anilines is 1. The van der Waals surface area contributed by atoms with Crippen LogP contribution in [0.3, 0.4) is 0 Å². The maximum absolute atomic E-state index is 11.5. The average Bonchev–Trinajstić information content (AvgIpc) is 2.32. The number of nitrogens with one attached hydrogen (secondary N) is 2. The smallest absolute Gasteiger partial charge is 0.221 e. The summed E-state index contributed by atoms with van der Waals surface area (Å²) in [6.45, 7) is 5.62. The molecule has 0 saturated heterocycles. The first-order chi connectivity index (χ1) is 8.63. The highest BCUT2D eigenvalue weighted by Gasteiger charge is 2.02. The molecule has 0 aliphatic carbocycles. The molecule has 0 aromatic heterocycles. The zero-order valence-corrected chi connectivity index (χ0v) is 12.6. The molecule has 18 heavy (non-hydrogen) atoms. The molecule has 1 rings (SSSR count). The second-order valence-electron chi connectivity index (χ2n) is 4.34. The number of halogens is 1. The first-order valence-electron chi connectivity index (χ1n) is 6.40. The summed E-state index contributed by atoms with van der Waals surface area (Å²) in [5.74, 6) is 0.116. The van der Waals surface area contributed by atoms with Crippen molar-refractivity contribution in [3.63, 3.8) is 0 Å². The van der Waals surface area contributed by atoms with Crippen LogP contribution in [0.2, 0.25) is 0 Å². The Balaban J connectivity index is 2.26. The van der Waals surface area contributed by atoms with E-state index in [-0.39, 0.29) is 5.91 Å². The van der Waals surface area contributed by atoms with E-state index in [0.29, 0.717) is 13.0 Å². The van der Waals surface area contributed by atoms with Gasteiger partial charge in [-0.15, -0.1) is 0 Å². The van der Waals surface area contributed by atoms with Crippen LogP contribution in [-0.2, 0) is 4.79 Å². The maximum atomic E-state index is 11.5. The molecule has 0 unspecified atom stereocenters. The van der Waals surface area contributed by atoms with Gasteiger partial charge in [0, 0.05) is 29.7 Å². The molecule has 1 aromatic rings. The number of amides is 1. The molecule has 0 aliphatic heterocycles. The van der Waals surface area contributed by atoms with Gasteiger partial charge < -0.3 is 10.6 Å². The minimum atomic E-state index is 0.116. The number of carbonyl (C=O) groups excluding carboxylic acids is 1. The predicted octanol–water partition coefficient (Wildman–Crippen LogP) is 3.48. The van der Waals surface area contributed by atoms with Crippen LogP contribution in [0.15, 0.2) is 22.7 Å². The Morgan fingerprint density at radius 1 is 1.33 bits per heavy atom. The molecular weight excluding hydrogens is 292 g/mol. The molecule has 1 aromatic carbocycles. The summed E-state index contributed by atoms with van der Waals surface area (Å²) >= 11 is 3.43. The molecule has 0 spiro atoms. The Morgan fingerprint density at radius 2 is 2.11 bits per heavy atom. The zero-order chi connectivity index (χ0) is 13.4. The van der Waals surface area contributed by atoms with Crippen molar-refractivity contribution >= 4 is 27.5 Å². The molecule has 100 valence electrons. The van der Waals surface area contributed by atoms with E-state index in [9.17, 15) is 4.79 Å². The van der Waals surface area contributed by atoms with Crippen molar-refractivity contribution in [1.29, 1.82) is 0 Å². The number of hydrogen-bond acceptors (Lipinski definition) is 2. The van der Waals surface area contributed by atoms with Crippen LogP contribution in [0.4, 0.5) is 5.69 Å². The van der Waals surface area contributed by atoms with Gasteiger partial charge in [0.25, 0.3) is 0 Å². The lowest BCUT2D eigenvalue weighted by atomic mass is 10.2. The number of carbonyl (C=O) groups is 1. The quantitative estimate of drug-likeness (QED) is 0.757. The Kier molecular flexibility index (Phi) is 6.80. The van der Waals surface area contributed by atoms with Crippen LogP contribution < -0.4 is 10.6 Å². The largest absolute Gasteiger partial charge is 0.384 e. The van der Waals surface area contributed by atoms with Crippen LogP contribution in [-0.4, -0.2) is 19.0 Å². The molecule has 0 bridgehead atoms. The van der Waals surface area contributed by atoms with E-state index >= 15 is 0 Å². The van der Waals surface area contributed by atoms with Crippen molar-refractivity contribution in [2.45, 2.75) is 33.1 Å². The summed E-state index contributed by atoms with van der Waals surface area (Å²) in [7, 11) is 0. The van der Waals surface area contributed by atoms with E-state index in [0.717, 1.165) is 29.5 Å². The molecule has 4 heteroatoms. The van der Waals surface area contributed by atoms with E-state index in [1.807, 2.05) is 12.1 Å². The van der Waals surface area contributed by atoms with Crippen molar-refractivity contribution in [3.8, 4) is 0 Å². The third-order valence-electron chi connectivity index (χ3n) is 2.71. The van der Waals surface area contributed by atoms with Crippen molar-refractivity contribution in [2.75, 3.05) is 18.4 Å². The van der Waals surface area contributed by atoms with Crippen LogP contribution in [0.5, 0.6) is 0 Å². The third-order valence-corrected chi connectivity index (χ3v) is 3.20. The molecule has 0 aliphatic rings. The first-order valence-corrected chi connectivity index (χ1v) is 7.19. The summed E-state index contributed by atoms with van der Waals surface area (Å²) < 4.78 is 1.07. The molecule has 0 radical (unpaired) electrons. The molecule has 1 amide bonds. The summed E-state index contributed by atoms with van der Waals surface area (Å²) in [6, 6.07) is 6.08. The highest BCUT2D eigenvalue weighted by Crippen LogP contribution is 2.19. The van der Waals surface area contributed by atoms with Crippen LogP contribution in [0.1, 0.15) is 31.7 Å². The highest BCUT2D eigenvalue weighted by molar-refractivity contribution is 9.10. The van der Waals surface area contributed by atoms with Crippen LogP contribution in [0, 0.1) is 6.92 Å². The third kappa shape index (κ3) is 5.54. The van der Waals surface area contributed by atoms with Gasteiger partial charge in [-0.25, -0.2) is 0 Å². The lowest BCUT2D eigenvalue weighted by Gasteiger charge is -2.10. The normalized spacial score (nSPS) is 10.2. The summed E-state index contributed by atoms with van der Waals surface area (Å²) in [5, 5.41) is 6.19. The Labute approximate surface area is 117 Å². The van der Waals surface area contributed by atoms with E-state index in [1.54, 1.807) is 0 Å². The lowest BCUT2D eigenvalue weighted by molar-refractivity contribution is -0.120. The Morgan fingerprint density at radius 3 is 2.78 bits per heavy atom. The fourth-order valence-electron chi connectivity index (χ4n) is 1.63. The van der Waals surface area contributed by atoms with Gasteiger partial charge in [-0.3, -0.25) is 4.79 Å². The van der Waals surface area contributed by atoms with Crippen LogP contribution >= 0.6 is 15.9 Å². The second-order valence-corrected chi connectivity index (χ2v) is 5.26. The number of unbranched alkanes of at least 4 members (excludes halogenated alkanes) is 1. The summed E-state index contributed by atoms with van der Waals surface area (Å²) in [4.78, 5) is 11.5. The van der Waals surface area contributed by atoms with E-state index in [1.165, 1.54) is 5.56 Å². The fraction of sp³-hybridized carbons (Fsp3) is 0.500. The van der Waals surface area contributed by atoms with Crippen molar-refractivity contribution in [1.82, 2.24) is 5.32 Å². The van der Waals surface area contributed by atoms with Crippen molar-refractivity contribution < 1.29 is 4.79 Å². The second kappa shape index (κ2) is 8.14. The number of aryl methyl sites for hydroxylation is 1. The standard InChI is InChI=1S/C14H21BrN2O/c1-3-4-8-17-14(18)7-9-16-13-6-5-12(15)10-11(13)2/h5-6,10,16H,3-4,7-9H2,1-2H3,(H,17,18). The van der Waals surface area contributed by atoms with Crippen molar-refractivity contribution in [2.24, 2.45) is 0 Å². The number of rotatable bonds is 7. The first kappa shape index (κ1) is 15.0. The zero-order valence-electron chi connectivity index (χ0n) is 11.1. The number of hydrogen-bond donors (Lipinski definition) is 2. The summed E-state index contributed by atoms with van der Waals surface area (Å²) in [6.07, 6.45) is 2.67. The molecule has 0 saturated carbocycles. The van der Waals surface area contributed by atoms with Crippen LogP contribution in [0.25, 0.3) is 0 Å². The molecule has 0 fully saturated rings. The van der Waals surface area contributed by atoms with E-state index in [4.69, 9.17) is 0 Å². The van der Waals surface area contributed by atoms with E-state index in [2.05, 4.69) is 46.5 Å². The topological polar surface area (TPSA) is 41.1 Å². The Bertz CT molecular complexity index is 393. The predicted molar refractivity (Wildman–Crippen MR) is 79.9 cm³/mol. The lowest BCUT2D eigenvalue weighted by Crippen LogP contribution is -2.26. The van der Waals surface area contributed by atoms with Gasteiger partial charge in [0.05, 0.1) is 0 Å². The fourth-order valence-corrected chi connectivity index (χ4v) is 2.10. The SMILES string of the molecule is CCCCNC(=O)CCNc1ccc(Br)cc1C. The van der Waals surface area contributed by atoms with Crippen molar-refractivity contribution in [3.05, 3.63) is 28.2 Å². The van der Waals surface area contributed by atoms with E-state index < -0.39 is 0 Å². The molecule has 3 nitrogen and oxygen atoms in total. The van der Waals surface area contributed by atoms with Gasteiger partial charge in [0.1, 0.15) is 0 Å². The minimum absolute atomic E-state index is 0.116. The minimum Gasteiger partial charge on any atom is -0.384 e. The highest BCUT2D eigenvalue weighted by atomic mass is 79.9. The Hall–Kier alpha value is -1.03. The molecular formula is C14H21BrN2O. The van der Waals surface area contributed by atoms with Gasteiger partial charge >= 0.3 is 0 Å².